The molecule has 1 amide bonds. The van der Waals surface area contributed by atoms with Crippen LogP contribution in [0.4, 0.5) is 5.69 Å². The number of hydrogen-bond acceptors (Lipinski definition) is 7. The van der Waals surface area contributed by atoms with Crippen LogP contribution in [0.5, 0.6) is 0 Å². The fourth-order valence-corrected chi connectivity index (χ4v) is 3.83. The number of β-lactam (4-membered cyclic amide) rings is 1. The van der Waals surface area contributed by atoms with Crippen molar-refractivity contribution >= 4 is 46.3 Å². The molecule has 1 saturated heterocycles. The number of amides is 1. The third-order valence-corrected chi connectivity index (χ3v) is 5.36. The van der Waals surface area contributed by atoms with E-state index >= 15 is 0 Å². The molecule has 0 spiro atoms. The highest BCUT2D eigenvalue weighted by molar-refractivity contribution is 8.93. The van der Waals surface area contributed by atoms with Gasteiger partial charge in [0.2, 0.25) is 5.91 Å². The van der Waals surface area contributed by atoms with E-state index < -0.39 is 16.9 Å². The maximum Gasteiger partial charge on any atom is 0.355 e. The molecule has 25 heavy (non-hydrogen) atoms. The van der Waals surface area contributed by atoms with Crippen molar-refractivity contribution < 1.29 is 19.2 Å². The lowest BCUT2D eigenvalue weighted by Crippen LogP contribution is -2.68. The predicted molar refractivity (Wildman–Crippen MR) is 97.0 cm³/mol. The van der Waals surface area contributed by atoms with E-state index in [2.05, 4.69) is 0 Å². The van der Waals surface area contributed by atoms with Crippen LogP contribution in [-0.2, 0) is 20.9 Å². The van der Waals surface area contributed by atoms with Crippen molar-refractivity contribution in [3.8, 4) is 0 Å². The highest BCUT2D eigenvalue weighted by atomic mass is 79.9. The first kappa shape index (κ1) is 19.4. The van der Waals surface area contributed by atoms with Crippen LogP contribution in [0, 0.1) is 10.1 Å². The van der Waals surface area contributed by atoms with Gasteiger partial charge in [0.05, 0.1) is 4.92 Å². The molecule has 1 fully saturated rings. The highest BCUT2D eigenvalue weighted by Gasteiger charge is 2.51. The molecule has 1 unspecified atom stereocenters. The van der Waals surface area contributed by atoms with Crippen LogP contribution in [-0.4, -0.2) is 38.9 Å². The summed E-state index contributed by atoms with van der Waals surface area (Å²) in [4.78, 5) is 35.8. The van der Waals surface area contributed by atoms with Crippen LogP contribution in [0.3, 0.4) is 0 Å². The first-order valence-corrected chi connectivity index (χ1v) is 8.25. The van der Waals surface area contributed by atoms with Gasteiger partial charge in [0.15, 0.2) is 0 Å². The maximum atomic E-state index is 12.4. The third kappa shape index (κ3) is 3.55. The zero-order valence-electron chi connectivity index (χ0n) is 13.2. The number of esters is 1. The Labute approximate surface area is 158 Å². The topological polar surface area (TPSA) is 116 Å². The second-order valence-electron chi connectivity index (χ2n) is 5.56. The minimum Gasteiger partial charge on any atom is -0.456 e. The Kier molecular flexibility index (Phi) is 5.86. The number of halogens is 1. The van der Waals surface area contributed by atoms with E-state index in [-0.39, 0.29) is 46.3 Å². The number of nitro groups is 1. The molecule has 0 aliphatic carbocycles. The van der Waals surface area contributed by atoms with Crippen molar-refractivity contribution in [3.05, 3.63) is 51.2 Å². The van der Waals surface area contributed by atoms with Gasteiger partial charge in [-0.1, -0.05) is 0 Å². The number of thioether (sulfide) groups is 1. The number of hydrogen-bond donors (Lipinski definition) is 1. The Morgan fingerprint density at radius 2 is 2.08 bits per heavy atom. The molecule has 0 radical (unpaired) electrons. The smallest absolute Gasteiger partial charge is 0.355 e. The SMILES string of the molecule is Br.CC1=C(C(=O)OCc2ccc([N+](=O)[O-])cc2)N2C(=O)C(N)[C@@H]2SC1. The maximum absolute atomic E-state index is 12.4. The molecule has 0 bridgehead atoms. The minimum absolute atomic E-state index is 0. The summed E-state index contributed by atoms with van der Waals surface area (Å²) in [7, 11) is 0. The Bertz CT molecular complexity index is 752. The molecule has 2 atom stereocenters. The van der Waals surface area contributed by atoms with Gasteiger partial charge in [-0.2, -0.15) is 0 Å². The third-order valence-electron chi connectivity index (χ3n) is 3.91. The van der Waals surface area contributed by atoms with E-state index in [1.54, 1.807) is 6.92 Å². The molecule has 134 valence electrons. The van der Waals surface area contributed by atoms with E-state index in [1.165, 1.54) is 40.9 Å². The summed E-state index contributed by atoms with van der Waals surface area (Å²) in [6.07, 6.45) is 0. The molecule has 3 rings (SSSR count). The summed E-state index contributed by atoms with van der Waals surface area (Å²) >= 11 is 1.52. The van der Waals surface area contributed by atoms with Gasteiger partial charge in [0.1, 0.15) is 23.7 Å². The van der Waals surface area contributed by atoms with Gasteiger partial charge in [-0.3, -0.25) is 19.8 Å². The zero-order valence-corrected chi connectivity index (χ0v) is 15.7. The summed E-state index contributed by atoms with van der Waals surface area (Å²) in [5.74, 6) is -0.255. The molecule has 2 aliphatic rings. The fraction of sp³-hybridized carbons (Fsp3) is 0.333. The quantitative estimate of drug-likeness (QED) is 0.335. The van der Waals surface area contributed by atoms with Crippen LogP contribution in [0.2, 0.25) is 0 Å². The second-order valence-corrected chi connectivity index (χ2v) is 6.67. The monoisotopic (exact) mass is 429 g/mol. The summed E-state index contributed by atoms with van der Waals surface area (Å²) in [6, 6.07) is 5.16. The summed E-state index contributed by atoms with van der Waals surface area (Å²) in [5, 5.41) is 10.4. The first-order valence-electron chi connectivity index (χ1n) is 7.20. The Hall–Kier alpha value is -1.91. The van der Waals surface area contributed by atoms with E-state index in [4.69, 9.17) is 10.5 Å². The predicted octanol–water partition coefficient (Wildman–Crippen LogP) is 1.73. The number of rotatable bonds is 4. The number of nitrogens with two attached hydrogens (primary N) is 1. The van der Waals surface area contributed by atoms with Gasteiger partial charge in [-0.25, -0.2) is 4.79 Å². The van der Waals surface area contributed by atoms with Gasteiger partial charge >= 0.3 is 5.97 Å². The summed E-state index contributed by atoms with van der Waals surface area (Å²) in [5.41, 5.74) is 7.37. The average molecular weight is 430 g/mol. The number of carbonyl (C=O) groups excluding carboxylic acids is 2. The fourth-order valence-electron chi connectivity index (χ4n) is 2.59. The molecule has 2 N–H and O–H groups in total. The van der Waals surface area contributed by atoms with Gasteiger partial charge < -0.3 is 10.5 Å². The number of non-ortho nitro benzene ring substituents is 1. The molecular formula is C15H16BrN3O5S. The lowest BCUT2D eigenvalue weighted by atomic mass is 10.0. The molecule has 8 nitrogen and oxygen atoms in total. The first-order chi connectivity index (χ1) is 11.4. The van der Waals surface area contributed by atoms with Crippen molar-refractivity contribution in [1.82, 2.24) is 4.90 Å². The molecule has 1 aromatic rings. The molecule has 2 aliphatic heterocycles. The van der Waals surface area contributed by atoms with Gasteiger partial charge in [-0.05, 0) is 30.2 Å². The van der Waals surface area contributed by atoms with E-state index in [9.17, 15) is 19.7 Å². The number of nitrogens with zero attached hydrogens (tertiary/aromatic N) is 2. The standard InChI is InChI=1S/C15H15N3O5S.BrH/c1-8-7-24-14-11(16)13(19)17(14)12(8)15(20)23-6-9-2-4-10(5-3-9)18(21)22;/h2-5,11,14H,6-7,16H2,1H3;1H/t11?,14-;/m0./s1. The van der Waals surface area contributed by atoms with Crippen molar-refractivity contribution in [2.45, 2.75) is 24.9 Å². The van der Waals surface area contributed by atoms with Crippen LogP contribution >= 0.6 is 28.7 Å². The summed E-state index contributed by atoms with van der Waals surface area (Å²) in [6.45, 7) is 1.75. The summed E-state index contributed by atoms with van der Waals surface area (Å²) < 4.78 is 5.26. The largest absolute Gasteiger partial charge is 0.456 e. The average Bonchev–Trinajstić information content (AvgIpc) is 2.59. The van der Waals surface area contributed by atoms with Gasteiger partial charge in [-0.15, -0.1) is 28.7 Å². The number of ether oxygens (including phenoxy) is 1. The van der Waals surface area contributed by atoms with E-state index in [0.29, 0.717) is 11.3 Å². The van der Waals surface area contributed by atoms with Crippen molar-refractivity contribution in [2.75, 3.05) is 5.75 Å². The van der Waals surface area contributed by atoms with E-state index in [0.717, 1.165) is 5.57 Å². The van der Waals surface area contributed by atoms with Crippen LogP contribution < -0.4 is 5.73 Å². The van der Waals surface area contributed by atoms with Crippen molar-refractivity contribution in [1.29, 1.82) is 0 Å². The zero-order chi connectivity index (χ0) is 17.4. The second kappa shape index (κ2) is 7.54. The minimum atomic E-state index is -0.587. The number of nitro benzene ring substituents is 1. The van der Waals surface area contributed by atoms with Crippen molar-refractivity contribution in [2.24, 2.45) is 5.73 Å². The van der Waals surface area contributed by atoms with E-state index in [1.807, 2.05) is 0 Å². The molecular weight excluding hydrogens is 414 g/mol. The Balaban J connectivity index is 0.00000225. The molecule has 0 aromatic heterocycles. The number of benzene rings is 1. The molecule has 2 heterocycles. The lowest BCUT2D eigenvalue weighted by molar-refractivity contribution is -0.384. The molecule has 10 heteroatoms. The normalized spacial score (nSPS) is 21.8. The lowest BCUT2D eigenvalue weighted by Gasteiger charge is -2.48. The highest BCUT2D eigenvalue weighted by Crippen LogP contribution is 2.39. The molecule has 0 saturated carbocycles. The Morgan fingerprint density at radius 1 is 1.44 bits per heavy atom. The molecule has 1 aromatic carbocycles. The van der Waals surface area contributed by atoms with Crippen molar-refractivity contribution in [3.63, 3.8) is 0 Å². The number of carbonyl (C=O) groups is 2. The van der Waals surface area contributed by atoms with Gasteiger partial charge in [0.25, 0.3) is 5.69 Å². The van der Waals surface area contributed by atoms with Gasteiger partial charge in [0, 0.05) is 17.9 Å². The number of fused-ring (bicyclic) bond motifs is 1. The van der Waals surface area contributed by atoms with Crippen LogP contribution in [0.1, 0.15) is 12.5 Å². The van der Waals surface area contributed by atoms with Crippen LogP contribution in [0.25, 0.3) is 0 Å². The Morgan fingerprint density at radius 3 is 2.68 bits per heavy atom. The van der Waals surface area contributed by atoms with Crippen LogP contribution in [0.15, 0.2) is 35.5 Å².